The lowest BCUT2D eigenvalue weighted by molar-refractivity contribution is -0.156. The van der Waals surface area contributed by atoms with E-state index in [9.17, 15) is 24.6 Å². The van der Waals surface area contributed by atoms with Crippen LogP contribution in [0.2, 0.25) is 0 Å². The molecule has 2 amide bonds. The third-order valence-corrected chi connectivity index (χ3v) is 7.05. The minimum atomic E-state index is -1.81. The van der Waals surface area contributed by atoms with Crippen LogP contribution in [-0.4, -0.2) is 51.7 Å². The lowest BCUT2D eigenvalue weighted by Crippen LogP contribution is -2.41. The highest BCUT2D eigenvalue weighted by molar-refractivity contribution is 7.16. The summed E-state index contributed by atoms with van der Waals surface area (Å²) in [5.41, 5.74) is 0.253. The number of rotatable bonds is 5. The normalized spacial score (nSPS) is 19.8. The second-order valence-corrected chi connectivity index (χ2v) is 9.02. The van der Waals surface area contributed by atoms with Gasteiger partial charge in [-0.25, -0.2) is 14.7 Å². The molecule has 31 heavy (non-hydrogen) atoms. The van der Waals surface area contributed by atoms with Crippen molar-refractivity contribution in [3.8, 4) is 0 Å². The number of amides is 2. The van der Waals surface area contributed by atoms with Crippen LogP contribution >= 0.6 is 22.7 Å². The van der Waals surface area contributed by atoms with E-state index in [0.29, 0.717) is 27.9 Å². The molecule has 9 nitrogen and oxygen atoms in total. The van der Waals surface area contributed by atoms with Gasteiger partial charge in [-0.1, -0.05) is 12.1 Å². The molecule has 1 atom stereocenters. The summed E-state index contributed by atoms with van der Waals surface area (Å²) in [7, 11) is 0. The number of carbonyl (C=O) groups is 3. The Morgan fingerprint density at radius 1 is 1.16 bits per heavy atom. The van der Waals surface area contributed by atoms with Crippen molar-refractivity contribution in [2.24, 2.45) is 0 Å². The van der Waals surface area contributed by atoms with E-state index in [1.54, 1.807) is 34.5 Å². The molecule has 11 heteroatoms. The molecule has 2 aliphatic rings. The summed E-state index contributed by atoms with van der Waals surface area (Å²) in [5, 5.41) is 26.2. The summed E-state index contributed by atoms with van der Waals surface area (Å²) in [4.78, 5) is 44.6. The lowest BCUT2D eigenvalue weighted by Gasteiger charge is -2.27. The summed E-state index contributed by atoms with van der Waals surface area (Å²) in [6.07, 6.45) is 0.0918. The summed E-state index contributed by atoms with van der Waals surface area (Å²) >= 11 is 2.58. The third-order valence-electron chi connectivity index (χ3n) is 5.34. The van der Waals surface area contributed by atoms with E-state index in [4.69, 9.17) is 0 Å². The molecular formula is C20H16N4O5S2. The first-order valence-corrected chi connectivity index (χ1v) is 11.1. The van der Waals surface area contributed by atoms with Gasteiger partial charge in [0.05, 0.1) is 23.6 Å². The van der Waals surface area contributed by atoms with Crippen molar-refractivity contribution >= 4 is 62.7 Å². The first-order chi connectivity index (χ1) is 14.9. The number of carboxylic acids is 1. The van der Waals surface area contributed by atoms with Crippen LogP contribution < -0.4 is 15.1 Å². The summed E-state index contributed by atoms with van der Waals surface area (Å²) in [6.45, 7) is 0.271. The van der Waals surface area contributed by atoms with Crippen molar-refractivity contribution < 1.29 is 24.6 Å². The molecule has 0 spiro atoms. The summed E-state index contributed by atoms with van der Waals surface area (Å²) in [6, 6.07) is 8.83. The number of hydrogen-bond donors (Lipinski definition) is 3. The number of nitrogens with zero attached hydrogens (tertiary/aromatic N) is 3. The van der Waals surface area contributed by atoms with Gasteiger partial charge in [-0.2, -0.15) is 0 Å². The fourth-order valence-electron chi connectivity index (χ4n) is 3.67. The number of fused-ring (bicyclic) bond motifs is 1. The number of hydrogen-bond acceptors (Lipinski definition) is 8. The van der Waals surface area contributed by atoms with E-state index in [2.05, 4.69) is 10.3 Å². The number of thiophene rings is 1. The third kappa shape index (κ3) is 3.17. The van der Waals surface area contributed by atoms with Gasteiger partial charge in [0, 0.05) is 18.3 Å². The summed E-state index contributed by atoms with van der Waals surface area (Å²) < 4.78 is 0. The number of carbonyl (C=O) groups excluding carboxylic acids is 2. The van der Waals surface area contributed by atoms with E-state index >= 15 is 0 Å². The molecule has 0 bridgehead atoms. The number of aromatic nitrogens is 1. The van der Waals surface area contributed by atoms with E-state index in [-0.39, 0.29) is 24.6 Å². The van der Waals surface area contributed by atoms with Gasteiger partial charge in [-0.3, -0.25) is 9.59 Å². The van der Waals surface area contributed by atoms with Crippen LogP contribution in [-0.2, 0) is 4.79 Å². The predicted molar refractivity (Wildman–Crippen MR) is 117 cm³/mol. The molecule has 0 aliphatic carbocycles. The molecule has 2 aromatic heterocycles. The number of aliphatic carboxylic acids is 1. The average molecular weight is 457 g/mol. The fourth-order valence-corrected chi connectivity index (χ4v) is 5.29. The molecule has 1 fully saturated rings. The SMILES string of the molecule is O=C(Nc1ccccc1N1CCC(O)(C(=O)O)C1)c1csc(N2C(=O)c3sccc32)n1. The molecule has 0 radical (unpaired) electrons. The highest BCUT2D eigenvalue weighted by atomic mass is 32.1. The Kier molecular flexibility index (Phi) is 4.54. The van der Waals surface area contributed by atoms with Crippen LogP contribution in [0, 0.1) is 0 Å². The summed E-state index contributed by atoms with van der Waals surface area (Å²) in [5.74, 6) is -1.83. The molecule has 1 unspecified atom stereocenters. The van der Waals surface area contributed by atoms with E-state index in [0.717, 1.165) is 5.69 Å². The molecule has 0 saturated carbocycles. The van der Waals surface area contributed by atoms with Crippen LogP contribution in [0.4, 0.5) is 22.2 Å². The zero-order valence-electron chi connectivity index (χ0n) is 15.9. The molecule has 1 saturated heterocycles. The number of anilines is 4. The van der Waals surface area contributed by atoms with Crippen molar-refractivity contribution in [1.29, 1.82) is 0 Å². The monoisotopic (exact) mass is 456 g/mol. The zero-order chi connectivity index (χ0) is 21.8. The number of β-amino-alcohol motifs (C(OH)–C–C–N with tert-alkyl or cyclic N) is 1. The molecule has 1 aromatic carbocycles. The number of aliphatic hydroxyl groups is 1. The number of para-hydroxylation sites is 2. The lowest BCUT2D eigenvalue weighted by atomic mass is 10.0. The zero-order valence-corrected chi connectivity index (χ0v) is 17.6. The Morgan fingerprint density at radius 3 is 2.74 bits per heavy atom. The maximum atomic E-state index is 12.8. The van der Waals surface area contributed by atoms with E-state index < -0.39 is 17.5 Å². The Morgan fingerprint density at radius 2 is 1.97 bits per heavy atom. The second kappa shape index (κ2) is 7.15. The smallest absolute Gasteiger partial charge is 0.337 e. The first kappa shape index (κ1) is 19.7. The minimum absolute atomic E-state index is 0.0733. The molecule has 4 heterocycles. The van der Waals surface area contributed by atoms with Gasteiger partial charge >= 0.3 is 5.97 Å². The van der Waals surface area contributed by atoms with Crippen molar-refractivity contribution in [2.75, 3.05) is 28.2 Å². The van der Waals surface area contributed by atoms with Gasteiger partial charge in [-0.05, 0) is 23.6 Å². The van der Waals surface area contributed by atoms with Gasteiger partial charge in [0.25, 0.3) is 11.8 Å². The number of thiazole rings is 1. The van der Waals surface area contributed by atoms with Crippen molar-refractivity contribution in [3.05, 3.63) is 51.7 Å². The van der Waals surface area contributed by atoms with Crippen LogP contribution in [0.3, 0.4) is 0 Å². The average Bonchev–Trinajstić information content (AvgIpc) is 3.48. The minimum Gasteiger partial charge on any atom is -0.479 e. The van der Waals surface area contributed by atoms with Crippen LogP contribution in [0.15, 0.2) is 41.1 Å². The predicted octanol–water partition coefficient (Wildman–Crippen LogP) is 2.77. The fraction of sp³-hybridized carbons (Fsp3) is 0.200. The van der Waals surface area contributed by atoms with Gasteiger partial charge in [0.2, 0.25) is 0 Å². The maximum absolute atomic E-state index is 12.8. The Labute approximate surface area is 184 Å². The van der Waals surface area contributed by atoms with Crippen LogP contribution in [0.25, 0.3) is 0 Å². The number of benzene rings is 1. The van der Waals surface area contributed by atoms with E-state index in [1.807, 2.05) is 11.4 Å². The van der Waals surface area contributed by atoms with Crippen molar-refractivity contribution in [3.63, 3.8) is 0 Å². The number of nitrogens with one attached hydrogen (secondary N) is 1. The number of carboxylic acid groups (broad SMARTS) is 1. The Balaban J connectivity index is 1.34. The molecule has 5 rings (SSSR count). The van der Waals surface area contributed by atoms with Crippen molar-refractivity contribution in [1.82, 2.24) is 4.98 Å². The molecule has 3 aromatic rings. The molecular weight excluding hydrogens is 440 g/mol. The molecule has 2 aliphatic heterocycles. The van der Waals surface area contributed by atoms with Crippen molar-refractivity contribution in [2.45, 2.75) is 12.0 Å². The van der Waals surface area contributed by atoms with Gasteiger partial charge in [0.15, 0.2) is 10.7 Å². The quantitative estimate of drug-likeness (QED) is 0.539. The van der Waals surface area contributed by atoms with Crippen LogP contribution in [0.1, 0.15) is 26.6 Å². The Hall–Kier alpha value is -3.28. The van der Waals surface area contributed by atoms with E-state index in [1.165, 1.54) is 27.6 Å². The highest BCUT2D eigenvalue weighted by Gasteiger charge is 2.43. The Bertz CT molecular complexity index is 1220. The largest absolute Gasteiger partial charge is 0.479 e. The first-order valence-electron chi connectivity index (χ1n) is 9.36. The standard InChI is InChI=1S/C20H16N4O5S2/c25-16(12-9-31-19(22-12)24-14-5-8-30-15(14)17(24)26)21-11-3-1-2-4-13(11)23-7-6-20(29,10-23)18(27)28/h1-5,8-9,29H,6-7,10H2,(H,21,25)(H,27,28). The van der Waals surface area contributed by atoms with Gasteiger partial charge in [0.1, 0.15) is 10.6 Å². The topological polar surface area (TPSA) is 123 Å². The molecule has 158 valence electrons. The maximum Gasteiger partial charge on any atom is 0.337 e. The van der Waals surface area contributed by atoms with Gasteiger partial charge in [-0.15, -0.1) is 22.7 Å². The molecule has 3 N–H and O–H groups in total. The van der Waals surface area contributed by atoms with Crippen LogP contribution in [0.5, 0.6) is 0 Å². The van der Waals surface area contributed by atoms with Gasteiger partial charge < -0.3 is 20.4 Å². The second-order valence-electron chi connectivity index (χ2n) is 7.27. The highest BCUT2D eigenvalue weighted by Crippen LogP contribution is 2.43.